The van der Waals surface area contributed by atoms with Gasteiger partial charge in [-0.25, -0.2) is 9.78 Å². The molecule has 0 fully saturated rings. The quantitative estimate of drug-likeness (QED) is 0.509. The Hall–Kier alpha value is -2.80. The Morgan fingerprint density at radius 2 is 2.00 bits per heavy atom. The summed E-state index contributed by atoms with van der Waals surface area (Å²) in [6, 6.07) is 5.43. The number of ether oxygens (including phenoxy) is 1. The number of thiophene rings is 1. The topological polar surface area (TPSA) is 78.3 Å². The van der Waals surface area contributed by atoms with Crippen LogP contribution >= 0.6 is 11.3 Å². The predicted molar refractivity (Wildman–Crippen MR) is 100 cm³/mol. The molecule has 7 heteroatoms. The molecule has 26 heavy (non-hydrogen) atoms. The molecule has 1 aromatic carbocycles. The van der Waals surface area contributed by atoms with Crippen molar-refractivity contribution in [2.24, 2.45) is 0 Å². The SMILES string of the molecule is CCOC(=O)c1csc2ncn(CC(=O)c3ccc(C)c(C)c3)c(=O)c12. The average molecular weight is 370 g/mol. The molecular weight excluding hydrogens is 352 g/mol. The molecule has 2 aromatic heterocycles. The number of esters is 1. The average Bonchev–Trinajstić information content (AvgIpc) is 3.05. The van der Waals surface area contributed by atoms with E-state index in [4.69, 9.17) is 4.74 Å². The molecule has 0 bridgehead atoms. The fraction of sp³-hybridized carbons (Fsp3) is 0.263. The molecule has 0 saturated heterocycles. The van der Waals surface area contributed by atoms with Gasteiger partial charge in [0.2, 0.25) is 0 Å². The van der Waals surface area contributed by atoms with Gasteiger partial charge in [0.25, 0.3) is 5.56 Å². The van der Waals surface area contributed by atoms with Crippen LogP contribution in [0.25, 0.3) is 10.2 Å². The first-order valence-corrected chi connectivity index (χ1v) is 9.04. The van der Waals surface area contributed by atoms with Gasteiger partial charge >= 0.3 is 5.97 Å². The Balaban J connectivity index is 1.98. The second-order valence-electron chi connectivity index (χ2n) is 5.95. The largest absolute Gasteiger partial charge is 0.462 e. The Kier molecular flexibility index (Phi) is 4.99. The summed E-state index contributed by atoms with van der Waals surface area (Å²) in [7, 11) is 0. The molecule has 2 heterocycles. The maximum atomic E-state index is 12.8. The van der Waals surface area contributed by atoms with Crippen LogP contribution in [0.5, 0.6) is 0 Å². The zero-order valence-electron chi connectivity index (χ0n) is 14.7. The van der Waals surface area contributed by atoms with Crippen LogP contribution < -0.4 is 5.56 Å². The Morgan fingerprint density at radius 1 is 1.23 bits per heavy atom. The van der Waals surface area contributed by atoms with Gasteiger partial charge < -0.3 is 4.74 Å². The van der Waals surface area contributed by atoms with Crippen LogP contribution in [-0.4, -0.2) is 27.9 Å². The third-order valence-corrected chi connectivity index (χ3v) is 5.09. The molecular formula is C19H18N2O4S. The molecule has 6 nitrogen and oxygen atoms in total. The minimum atomic E-state index is -0.559. The fourth-order valence-corrected chi connectivity index (χ4v) is 3.47. The van der Waals surface area contributed by atoms with Crippen molar-refractivity contribution < 1.29 is 14.3 Å². The van der Waals surface area contributed by atoms with Gasteiger partial charge in [-0.1, -0.05) is 12.1 Å². The molecule has 0 aliphatic heterocycles. The summed E-state index contributed by atoms with van der Waals surface area (Å²) in [4.78, 5) is 42.0. The van der Waals surface area contributed by atoms with E-state index in [1.165, 1.54) is 22.2 Å². The van der Waals surface area contributed by atoms with E-state index >= 15 is 0 Å². The van der Waals surface area contributed by atoms with Gasteiger partial charge in [-0.2, -0.15) is 0 Å². The van der Waals surface area contributed by atoms with Crippen molar-refractivity contribution in [1.82, 2.24) is 9.55 Å². The van der Waals surface area contributed by atoms with Crippen molar-refractivity contribution in [2.45, 2.75) is 27.3 Å². The van der Waals surface area contributed by atoms with Crippen molar-refractivity contribution in [2.75, 3.05) is 6.61 Å². The number of ketones is 1. The molecule has 0 radical (unpaired) electrons. The first-order chi connectivity index (χ1) is 12.4. The minimum absolute atomic E-state index is 0.137. The summed E-state index contributed by atoms with van der Waals surface area (Å²) in [6.45, 7) is 5.69. The molecule has 0 amide bonds. The number of aromatic nitrogens is 2. The summed E-state index contributed by atoms with van der Waals surface area (Å²) >= 11 is 1.20. The lowest BCUT2D eigenvalue weighted by atomic mass is 10.0. The first kappa shape index (κ1) is 18.0. The van der Waals surface area contributed by atoms with Crippen LogP contribution in [0, 0.1) is 13.8 Å². The van der Waals surface area contributed by atoms with E-state index in [9.17, 15) is 14.4 Å². The highest BCUT2D eigenvalue weighted by Gasteiger charge is 2.19. The maximum Gasteiger partial charge on any atom is 0.339 e. The number of carbonyl (C=O) groups excluding carboxylic acids is 2. The number of hydrogen-bond acceptors (Lipinski definition) is 6. The van der Waals surface area contributed by atoms with Crippen LogP contribution in [-0.2, 0) is 11.3 Å². The van der Waals surface area contributed by atoms with Crippen molar-refractivity contribution >= 4 is 33.3 Å². The van der Waals surface area contributed by atoms with Gasteiger partial charge in [-0.15, -0.1) is 11.3 Å². The number of hydrogen-bond donors (Lipinski definition) is 0. The highest BCUT2D eigenvalue weighted by Crippen LogP contribution is 2.21. The highest BCUT2D eigenvalue weighted by atomic mass is 32.1. The number of benzene rings is 1. The molecule has 3 aromatic rings. The fourth-order valence-electron chi connectivity index (χ4n) is 2.60. The molecule has 0 aliphatic rings. The van der Waals surface area contributed by atoms with Crippen molar-refractivity contribution in [3.8, 4) is 0 Å². The number of fused-ring (bicyclic) bond motifs is 1. The van der Waals surface area contributed by atoms with Crippen LogP contribution in [0.2, 0.25) is 0 Å². The lowest BCUT2D eigenvalue weighted by molar-refractivity contribution is 0.0529. The molecule has 0 atom stereocenters. The van der Waals surface area contributed by atoms with Gasteiger partial charge in [-0.05, 0) is 38.0 Å². The summed E-state index contributed by atoms with van der Waals surface area (Å²) in [5.41, 5.74) is 2.42. The van der Waals surface area contributed by atoms with Crippen molar-refractivity contribution in [1.29, 1.82) is 0 Å². The van der Waals surface area contributed by atoms with Gasteiger partial charge in [0.1, 0.15) is 4.83 Å². The smallest absolute Gasteiger partial charge is 0.339 e. The number of rotatable bonds is 5. The lowest BCUT2D eigenvalue weighted by Crippen LogP contribution is -2.25. The third kappa shape index (κ3) is 3.30. The van der Waals surface area contributed by atoms with E-state index in [1.54, 1.807) is 18.4 Å². The van der Waals surface area contributed by atoms with Gasteiger partial charge in [0.05, 0.1) is 30.4 Å². The van der Waals surface area contributed by atoms with E-state index < -0.39 is 11.5 Å². The van der Waals surface area contributed by atoms with Crippen LogP contribution in [0.1, 0.15) is 38.8 Å². The third-order valence-electron chi connectivity index (χ3n) is 4.20. The summed E-state index contributed by atoms with van der Waals surface area (Å²) in [5, 5.41) is 1.76. The second kappa shape index (κ2) is 7.21. The second-order valence-corrected chi connectivity index (χ2v) is 6.81. The highest BCUT2D eigenvalue weighted by molar-refractivity contribution is 7.17. The standard InChI is InChI=1S/C19H18N2O4S/c1-4-25-19(24)14-9-26-17-16(14)18(23)21(10-20-17)8-15(22)13-6-5-11(2)12(3)7-13/h5-7,9-10H,4,8H2,1-3H3. The van der Waals surface area contributed by atoms with E-state index in [2.05, 4.69) is 4.98 Å². The summed E-state index contributed by atoms with van der Waals surface area (Å²) in [6.07, 6.45) is 1.34. The maximum absolute atomic E-state index is 12.8. The van der Waals surface area contributed by atoms with Gasteiger partial charge in [-0.3, -0.25) is 14.2 Å². The number of Topliss-reactive ketones (excluding diaryl/α,β-unsaturated/α-hetero) is 1. The number of carbonyl (C=O) groups is 2. The van der Waals surface area contributed by atoms with E-state index in [0.29, 0.717) is 10.4 Å². The van der Waals surface area contributed by atoms with Gasteiger partial charge in [0.15, 0.2) is 5.78 Å². The van der Waals surface area contributed by atoms with Crippen molar-refractivity contribution in [3.05, 3.63) is 62.5 Å². The normalized spacial score (nSPS) is 10.9. The number of nitrogens with zero attached hydrogens (tertiary/aromatic N) is 2. The van der Waals surface area contributed by atoms with Crippen molar-refractivity contribution in [3.63, 3.8) is 0 Å². The Bertz CT molecular complexity index is 1070. The van der Waals surface area contributed by atoms with Gasteiger partial charge in [0, 0.05) is 10.9 Å². The molecule has 0 aliphatic carbocycles. The molecule has 134 valence electrons. The molecule has 0 unspecified atom stereocenters. The zero-order chi connectivity index (χ0) is 18.8. The lowest BCUT2D eigenvalue weighted by Gasteiger charge is -2.07. The minimum Gasteiger partial charge on any atom is -0.462 e. The van der Waals surface area contributed by atoms with E-state index in [0.717, 1.165) is 11.1 Å². The summed E-state index contributed by atoms with van der Waals surface area (Å²) < 4.78 is 6.22. The Morgan fingerprint density at radius 3 is 2.69 bits per heavy atom. The zero-order valence-corrected chi connectivity index (χ0v) is 15.6. The van der Waals surface area contributed by atoms with Crippen LogP contribution in [0.3, 0.4) is 0 Å². The molecule has 0 saturated carbocycles. The molecule has 0 spiro atoms. The predicted octanol–water partition coefficient (Wildman–Crippen LogP) is 3.13. The Labute approximate surface area is 154 Å². The van der Waals surface area contributed by atoms with Crippen LogP contribution in [0.4, 0.5) is 0 Å². The monoisotopic (exact) mass is 370 g/mol. The molecule has 3 rings (SSSR count). The van der Waals surface area contributed by atoms with Crippen LogP contribution in [0.15, 0.2) is 34.7 Å². The summed E-state index contributed by atoms with van der Waals surface area (Å²) in [5.74, 6) is -0.750. The van der Waals surface area contributed by atoms with E-state index in [-0.39, 0.29) is 29.9 Å². The molecule has 0 N–H and O–H groups in total. The first-order valence-electron chi connectivity index (χ1n) is 8.16. The van der Waals surface area contributed by atoms with E-state index in [1.807, 2.05) is 26.0 Å². The number of aryl methyl sites for hydroxylation is 2.